The predicted molar refractivity (Wildman–Crippen MR) is 49.9 cm³/mol. The van der Waals surface area contributed by atoms with E-state index in [1.807, 2.05) is 0 Å². The molecule has 1 N–H and O–H groups in total. The van der Waals surface area contributed by atoms with Crippen LogP contribution in [0.5, 0.6) is 0 Å². The number of hydrogen-bond acceptors (Lipinski definition) is 1. The monoisotopic (exact) mass is 234 g/mol. The average molecular weight is 236 g/mol. The number of rotatable bonds is 1. The van der Waals surface area contributed by atoms with E-state index in [0.717, 1.165) is 5.56 Å². The van der Waals surface area contributed by atoms with Crippen molar-refractivity contribution in [1.29, 1.82) is 0 Å². The Morgan fingerprint density at radius 2 is 2.18 bits per heavy atom. The van der Waals surface area contributed by atoms with Crippen molar-refractivity contribution in [2.24, 2.45) is 0 Å². The van der Waals surface area contributed by atoms with Crippen molar-refractivity contribution >= 4 is 27.5 Å². The molecule has 1 unspecified atom stereocenters. The van der Waals surface area contributed by atoms with Crippen LogP contribution >= 0.6 is 27.5 Å². The Morgan fingerprint density at radius 1 is 1.55 bits per heavy atom. The van der Waals surface area contributed by atoms with Gasteiger partial charge in [-0.3, -0.25) is 0 Å². The average Bonchev–Trinajstić information content (AvgIpc) is 1.86. The van der Waals surface area contributed by atoms with Gasteiger partial charge >= 0.3 is 0 Å². The van der Waals surface area contributed by atoms with E-state index in [0.29, 0.717) is 5.02 Å². The second-order valence-corrected chi connectivity index (χ2v) is 4.44. The van der Waals surface area contributed by atoms with Gasteiger partial charge in [-0.15, -0.1) is 0 Å². The van der Waals surface area contributed by atoms with Gasteiger partial charge < -0.3 is 5.11 Å². The molecule has 1 rings (SSSR count). The van der Waals surface area contributed by atoms with E-state index in [1.165, 1.54) is 0 Å². The number of halogens is 2. The van der Waals surface area contributed by atoms with Gasteiger partial charge in [0.15, 0.2) is 0 Å². The fourth-order valence-corrected chi connectivity index (χ4v) is 1.21. The smallest absolute Gasteiger partial charge is 0.142 e. The quantitative estimate of drug-likeness (QED) is 0.742. The molecule has 0 fully saturated rings. The van der Waals surface area contributed by atoms with Crippen molar-refractivity contribution in [3.63, 3.8) is 0 Å². The highest BCUT2D eigenvalue weighted by molar-refractivity contribution is 9.09. The Morgan fingerprint density at radius 3 is 2.55 bits per heavy atom. The summed E-state index contributed by atoms with van der Waals surface area (Å²) in [4.78, 5) is 0. The molecular formula is C8H8BrClO. The van der Waals surface area contributed by atoms with Crippen LogP contribution in [0.15, 0.2) is 24.3 Å². The molecule has 0 aliphatic rings. The standard InChI is InChI=1S/C8H8BrClO/c1-8(9,11)6-3-2-4-7(10)5-6/h2-5,11H,1H3. The number of alkyl halides is 1. The van der Waals surface area contributed by atoms with Gasteiger partial charge in [-0.2, -0.15) is 0 Å². The zero-order chi connectivity index (χ0) is 8.48. The van der Waals surface area contributed by atoms with Gasteiger partial charge in [0.1, 0.15) is 4.51 Å². The summed E-state index contributed by atoms with van der Waals surface area (Å²) in [6.07, 6.45) is 0. The first-order chi connectivity index (χ1) is 5.00. The van der Waals surface area contributed by atoms with Crippen molar-refractivity contribution in [1.82, 2.24) is 0 Å². The molecule has 0 aliphatic carbocycles. The Kier molecular flexibility index (Phi) is 2.58. The molecule has 0 aliphatic heterocycles. The first-order valence-electron chi connectivity index (χ1n) is 3.17. The van der Waals surface area contributed by atoms with Crippen LogP contribution in [0.1, 0.15) is 12.5 Å². The van der Waals surface area contributed by atoms with Gasteiger partial charge in [-0.25, -0.2) is 0 Å². The minimum absolute atomic E-state index is 0.627. The third-order valence-corrected chi connectivity index (χ3v) is 2.04. The number of hydrogen-bond donors (Lipinski definition) is 1. The van der Waals surface area contributed by atoms with Crippen LogP contribution < -0.4 is 0 Å². The summed E-state index contributed by atoms with van der Waals surface area (Å²) < 4.78 is -0.988. The van der Waals surface area contributed by atoms with Crippen molar-refractivity contribution in [2.45, 2.75) is 11.4 Å². The molecule has 0 heterocycles. The molecule has 0 saturated carbocycles. The maximum atomic E-state index is 9.47. The fraction of sp³-hybridized carbons (Fsp3) is 0.250. The first kappa shape index (κ1) is 9.04. The lowest BCUT2D eigenvalue weighted by Crippen LogP contribution is -2.10. The molecule has 0 aromatic heterocycles. The minimum atomic E-state index is -0.988. The van der Waals surface area contributed by atoms with Crippen LogP contribution in [0.2, 0.25) is 5.02 Å². The van der Waals surface area contributed by atoms with Crippen LogP contribution in [0.25, 0.3) is 0 Å². The lowest BCUT2D eigenvalue weighted by molar-refractivity contribution is 0.167. The van der Waals surface area contributed by atoms with Crippen molar-refractivity contribution in [3.05, 3.63) is 34.9 Å². The summed E-state index contributed by atoms with van der Waals surface area (Å²) in [5.41, 5.74) is 0.755. The summed E-state index contributed by atoms with van der Waals surface area (Å²) in [5.74, 6) is 0. The van der Waals surface area contributed by atoms with Crippen molar-refractivity contribution < 1.29 is 5.11 Å². The SMILES string of the molecule is CC(O)(Br)c1cccc(Cl)c1. The molecule has 0 amide bonds. The first-order valence-corrected chi connectivity index (χ1v) is 4.34. The highest BCUT2D eigenvalue weighted by atomic mass is 79.9. The third kappa shape index (κ3) is 2.47. The van der Waals surface area contributed by atoms with E-state index >= 15 is 0 Å². The van der Waals surface area contributed by atoms with Crippen LogP contribution in [0, 0.1) is 0 Å². The maximum Gasteiger partial charge on any atom is 0.142 e. The molecule has 1 aromatic rings. The number of aliphatic hydroxyl groups is 1. The van der Waals surface area contributed by atoms with Crippen LogP contribution in [-0.2, 0) is 4.51 Å². The molecule has 3 heteroatoms. The lowest BCUT2D eigenvalue weighted by atomic mass is 10.1. The maximum absolute atomic E-state index is 9.47. The van der Waals surface area contributed by atoms with Crippen molar-refractivity contribution in [3.8, 4) is 0 Å². The van der Waals surface area contributed by atoms with Crippen LogP contribution in [0.4, 0.5) is 0 Å². The Bertz CT molecular complexity index is 255. The molecule has 0 spiro atoms. The number of benzene rings is 1. The fourth-order valence-electron chi connectivity index (χ4n) is 0.772. The van der Waals surface area contributed by atoms with Gasteiger partial charge in [0.05, 0.1) is 0 Å². The van der Waals surface area contributed by atoms with E-state index in [4.69, 9.17) is 11.6 Å². The molecule has 0 saturated heterocycles. The molecule has 11 heavy (non-hydrogen) atoms. The van der Waals surface area contributed by atoms with Gasteiger partial charge in [-0.05, 0) is 40.5 Å². The minimum Gasteiger partial charge on any atom is -0.375 e. The molecule has 0 radical (unpaired) electrons. The summed E-state index contributed by atoms with van der Waals surface area (Å²) in [5, 5.41) is 10.1. The third-order valence-electron chi connectivity index (χ3n) is 1.35. The van der Waals surface area contributed by atoms with Gasteiger partial charge in [0.25, 0.3) is 0 Å². The molecule has 0 bridgehead atoms. The van der Waals surface area contributed by atoms with Crippen LogP contribution in [0.3, 0.4) is 0 Å². The second-order valence-electron chi connectivity index (χ2n) is 2.46. The summed E-state index contributed by atoms with van der Waals surface area (Å²) in [7, 11) is 0. The summed E-state index contributed by atoms with van der Waals surface area (Å²) in [6, 6.07) is 7.09. The molecule has 1 aromatic carbocycles. The van der Waals surface area contributed by atoms with Gasteiger partial charge in [0, 0.05) is 5.02 Å². The Hall–Kier alpha value is -0.0500. The van der Waals surface area contributed by atoms with E-state index in [1.54, 1.807) is 31.2 Å². The van der Waals surface area contributed by atoms with Crippen molar-refractivity contribution in [2.75, 3.05) is 0 Å². The summed E-state index contributed by atoms with van der Waals surface area (Å²) in [6.45, 7) is 1.65. The van der Waals surface area contributed by atoms with E-state index in [-0.39, 0.29) is 0 Å². The Balaban J connectivity index is 3.06. The molecule has 60 valence electrons. The normalized spacial score (nSPS) is 16.0. The lowest BCUT2D eigenvalue weighted by Gasteiger charge is -2.14. The van der Waals surface area contributed by atoms with E-state index < -0.39 is 4.51 Å². The predicted octanol–water partition coefficient (Wildman–Crippen LogP) is 2.90. The molecular weight excluding hydrogens is 227 g/mol. The van der Waals surface area contributed by atoms with Gasteiger partial charge in [0.2, 0.25) is 0 Å². The Labute approximate surface area is 79.1 Å². The zero-order valence-corrected chi connectivity index (χ0v) is 8.35. The zero-order valence-electron chi connectivity index (χ0n) is 6.01. The summed E-state index contributed by atoms with van der Waals surface area (Å²) >= 11 is 8.84. The second kappa shape index (κ2) is 3.13. The molecule has 1 nitrogen and oxygen atoms in total. The van der Waals surface area contributed by atoms with E-state index in [9.17, 15) is 5.11 Å². The van der Waals surface area contributed by atoms with E-state index in [2.05, 4.69) is 15.9 Å². The van der Waals surface area contributed by atoms with Crippen LogP contribution in [-0.4, -0.2) is 5.11 Å². The molecule has 1 atom stereocenters. The highest BCUT2D eigenvalue weighted by Crippen LogP contribution is 2.28. The largest absolute Gasteiger partial charge is 0.375 e. The van der Waals surface area contributed by atoms with Gasteiger partial charge in [-0.1, -0.05) is 23.7 Å². The highest BCUT2D eigenvalue weighted by Gasteiger charge is 2.17. The topological polar surface area (TPSA) is 20.2 Å².